The molecule has 1 unspecified atom stereocenters. The van der Waals surface area contributed by atoms with E-state index in [1.165, 1.54) is 0 Å². The van der Waals surface area contributed by atoms with Gasteiger partial charge >= 0.3 is 5.97 Å². The van der Waals surface area contributed by atoms with E-state index in [0.717, 1.165) is 0 Å². The Kier molecular flexibility index (Phi) is 2.03. The number of halogens is 1. The van der Waals surface area contributed by atoms with Gasteiger partial charge in [-0.2, -0.15) is 0 Å². The lowest BCUT2D eigenvalue weighted by Gasteiger charge is -2.06. The molecule has 1 atom stereocenters. The highest BCUT2D eigenvalue weighted by Crippen LogP contribution is 2.31. The molecular weight excluding hydrogens is 250 g/mol. The molecule has 1 amide bonds. The summed E-state index contributed by atoms with van der Waals surface area (Å²) in [4.78, 5) is 22.2. The summed E-state index contributed by atoms with van der Waals surface area (Å²) in [6, 6.07) is 4.09. The van der Waals surface area contributed by atoms with E-state index in [4.69, 9.17) is 5.11 Å². The van der Waals surface area contributed by atoms with Gasteiger partial charge in [0, 0.05) is 15.6 Å². The van der Waals surface area contributed by atoms with Gasteiger partial charge < -0.3 is 10.4 Å². The zero-order valence-corrected chi connectivity index (χ0v) is 8.54. The first kappa shape index (κ1) is 9.21. The number of carbonyl (C=O) groups is 2. The first-order valence-electron chi connectivity index (χ1n) is 3.93. The Hall–Kier alpha value is -1.36. The normalized spacial score (nSPS) is 18.9. The SMILES string of the molecule is O=C1NC(C(=O)O)c2c(Br)cccc21. The maximum atomic E-state index is 11.3. The molecule has 0 saturated heterocycles. The minimum atomic E-state index is -1.05. The number of carbonyl (C=O) groups excluding carboxylic acids is 1. The Morgan fingerprint density at radius 1 is 1.50 bits per heavy atom. The third-order valence-corrected chi connectivity index (χ3v) is 2.80. The van der Waals surface area contributed by atoms with Crippen molar-refractivity contribution in [3.63, 3.8) is 0 Å². The van der Waals surface area contributed by atoms with Crippen molar-refractivity contribution in [1.82, 2.24) is 5.32 Å². The average molecular weight is 256 g/mol. The van der Waals surface area contributed by atoms with Gasteiger partial charge in [-0.15, -0.1) is 0 Å². The minimum absolute atomic E-state index is 0.339. The number of hydrogen-bond donors (Lipinski definition) is 2. The Bertz CT molecular complexity index is 430. The molecule has 0 fully saturated rings. The molecule has 4 nitrogen and oxygen atoms in total. The lowest BCUT2D eigenvalue weighted by Crippen LogP contribution is -2.25. The van der Waals surface area contributed by atoms with Gasteiger partial charge in [0.2, 0.25) is 0 Å². The summed E-state index contributed by atoms with van der Waals surface area (Å²) in [5, 5.41) is 11.3. The summed E-state index contributed by atoms with van der Waals surface area (Å²) in [6.45, 7) is 0. The number of hydrogen-bond acceptors (Lipinski definition) is 2. The van der Waals surface area contributed by atoms with Crippen LogP contribution in [0.1, 0.15) is 22.0 Å². The fourth-order valence-corrected chi connectivity index (χ4v) is 2.09. The van der Waals surface area contributed by atoms with Crippen molar-refractivity contribution in [2.45, 2.75) is 6.04 Å². The summed E-state index contributed by atoms with van der Waals surface area (Å²) in [5.41, 5.74) is 0.928. The Morgan fingerprint density at radius 2 is 2.21 bits per heavy atom. The Balaban J connectivity index is 2.62. The number of nitrogens with one attached hydrogen (secondary N) is 1. The molecule has 0 aliphatic carbocycles. The monoisotopic (exact) mass is 255 g/mol. The molecule has 5 heteroatoms. The molecule has 2 N–H and O–H groups in total. The van der Waals surface area contributed by atoms with Crippen LogP contribution in [0.15, 0.2) is 22.7 Å². The topological polar surface area (TPSA) is 66.4 Å². The van der Waals surface area contributed by atoms with Crippen LogP contribution in [0.5, 0.6) is 0 Å². The number of amides is 1. The summed E-state index contributed by atoms with van der Waals surface area (Å²) in [7, 11) is 0. The molecule has 0 bridgehead atoms. The fraction of sp³-hybridized carbons (Fsp3) is 0.111. The molecule has 1 heterocycles. The molecule has 72 valence electrons. The van der Waals surface area contributed by atoms with Crippen LogP contribution in [0.2, 0.25) is 0 Å². The predicted molar refractivity (Wildman–Crippen MR) is 52.0 cm³/mol. The number of rotatable bonds is 1. The van der Waals surface area contributed by atoms with Crippen LogP contribution in [-0.2, 0) is 4.79 Å². The van der Waals surface area contributed by atoms with Crippen molar-refractivity contribution in [1.29, 1.82) is 0 Å². The van der Waals surface area contributed by atoms with Gasteiger partial charge in [0.15, 0.2) is 6.04 Å². The largest absolute Gasteiger partial charge is 0.479 e. The van der Waals surface area contributed by atoms with Crippen LogP contribution in [-0.4, -0.2) is 17.0 Å². The second-order valence-corrected chi connectivity index (χ2v) is 3.80. The zero-order chi connectivity index (χ0) is 10.3. The van der Waals surface area contributed by atoms with Crippen LogP contribution < -0.4 is 5.32 Å². The Morgan fingerprint density at radius 3 is 2.86 bits per heavy atom. The Labute approximate surface area is 88.1 Å². The average Bonchev–Trinajstić information content (AvgIpc) is 2.46. The summed E-state index contributed by atoms with van der Waals surface area (Å²) < 4.78 is 0.640. The molecule has 1 aliphatic rings. The molecule has 1 aromatic rings. The van der Waals surface area contributed by atoms with Gasteiger partial charge in [0.25, 0.3) is 5.91 Å². The van der Waals surface area contributed by atoms with Gasteiger partial charge in [0.1, 0.15) is 0 Å². The molecule has 0 radical (unpaired) electrons. The highest BCUT2D eigenvalue weighted by atomic mass is 79.9. The maximum Gasteiger partial charge on any atom is 0.330 e. The lowest BCUT2D eigenvalue weighted by molar-refractivity contribution is -0.139. The number of carboxylic acid groups (broad SMARTS) is 1. The summed E-state index contributed by atoms with van der Waals surface area (Å²) in [6.07, 6.45) is 0. The van der Waals surface area contributed by atoms with Gasteiger partial charge in [-0.1, -0.05) is 22.0 Å². The first-order valence-corrected chi connectivity index (χ1v) is 4.72. The van der Waals surface area contributed by atoms with Crippen LogP contribution >= 0.6 is 15.9 Å². The van der Waals surface area contributed by atoms with Gasteiger partial charge in [0.05, 0.1) is 0 Å². The third kappa shape index (κ3) is 1.21. The fourth-order valence-electron chi connectivity index (χ4n) is 1.49. The van der Waals surface area contributed by atoms with Gasteiger partial charge in [-0.05, 0) is 12.1 Å². The summed E-state index contributed by atoms with van der Waals surface area (Å²) >= 11 is 3.23. The zero-order valence-electron chi connectivity index (χ0n) is 6.95. The molecule has 14 heavy (non-hydrogen) atoms. The highest BCUT2D eigenvalue weighted by Gasteiger charge is 2.34. The first-order chi connectivity index (χ1) is 6.61. The van der Waals surface area contributed by atoms with Crippen molar-refractivity contribution in [3.05, 3.63) is 33.8 Å². The van der Waals surface area contributed by atoms with Crippen LogP contribution in [0.25, 0.3) is 0 Å². The molecule has 0 saturated carbocycles. The second-order valence-electron chi connectivity index (χ2n) is 2.95. The van der Waals surface area contributed by atoms with E-state index >= 15 is 0 Å². The molecular formula is C9H6BrNO3. The van der Waals surface area contributed by atoms with E-state index in [1.54, 1.807) is 18.2 Å². The van der Waals surface area contributed by atoms with Crippen LogP contribution in [0, 0.1) is 0 Å². The van der Waals surface area contributed by atoms with Crippen molar-refractivity contribution in [2.24, 2.45) is 0 Å². The van der Waals surface area contributed by atoms with E-state index in [0.29, 0.717) is 15.6 Å². The van der Waals surface area contributed by atoms with E-state index in [-0.39, 0.29) is 5.91 Å². The molecule has 2 rings (SSSR count). The smallest absolute Gasteiger partial charge is 0.330 e. The minimum Gasteiger partial charge on any atom is -0.479 e. The molecule has 0 spiro atoms. The molecule has 0 aromatic heterocycles. The van der Waals surface area contributed by atoms with E-state index in [1.807, 2.05) is 0 Å². The van der Waals surface area contributed by atoms with E-state index in [9.17, 15) is 9.59 Å². The molecule has 1 aliphatic heterocycles. The van der Waals surface area contributed by atoms with Crippen molar-refractivity contribution in [2.75, 3.05) is 0 Å². The number of fused-ring (bicyclic) bond motifs is 1. The second kappa shape index (κ2) is 3.09. The van der Waals surface area contributed by atoms with Crippen LogP contribution in [0.4, 0.5) is 0 Å². The number of carboxylic acids is 1. The van der Waals surface area contributed by atoms with E-state index in [2.05, 4.69) is 21.2 Å². The number of aliphatic carboxylic acids is 1. The lowest BCUT2D eigenvalue weighted by atomic mass is 10.1. The van der Waals surface area contributed by atoms with E-state index < -0.39 is 12.0 Å². The third-order valence-electron chi connectivity index (χ3n) is 2.11. The summed E-state index contributed by atoms with van der Waals surface area (Å²) in [5.74, 6) is -1.39. The maximum absolute atomic E-state index is 11.3. The quantitative estimate of drug-likeness (QED) is 0.796. The van der Waals surface area contributed by atoms with Gasteiger partial charge in [-0.3, -0.25) is 4.79 Å². The standard InChI is InChI=1S/C9H6BrNO3/c10-5-3-1-2-4-6(5)7(9(13)14)11-8(4)12/h1-3,7H,(H,11,12)(H,13,14). The van der Waals surface area contributed by atoms with Crippen molar-refractivity contribution >= 4 is 27.8 Å². The number of benzene rings is 1. The van der Waals surface area contributed by atoms with Crippen molar-refractivity contribution < 1.29 is 14.7 Å². The van der Waals surface area contributed by atoms with Gasteiger partial charge in [-0.25, -0.2) is 4.79 Å². The van der Waals surface area contributed by atoms with Crippen LogP contribution in [0.3, 0.4) is 0 Å². The predicted octanol–water partition coefficient (Wildman–Crippen LogP) is 1.32. The molecule has 1 aromatic carbocycles. The van der Waals surface area contributed by atoms with Crippen molar-refractivity contribution in [3.8, 4) is 0 Å². The highest BCUT2D eigenvalue weighted by molar-refractivity contribution is 9.10.